The van der Waals surface area contributed by atoms with Crippen molar-refractivity contribution < 1.29 is 9.47 Å². The van der Waals surface area contributed by atoms with Gasteiger partial charge in [-0.1, -0.05) is 12.8 Å². The normalized spacial score (nSPS) is 23.0. The molecule has 1 unspecified atom stereocenters. The van der Waals surface area contributed by atoms with Crippen molar-refractivity contribution in [1.29, 1.82) is 0 Å². The van der Waals surface area contributed by atoms with E-state index >= 15 is 0 Å². The molecule has 3 rings (SSSR count). The van der Waals surface area contributed by atoms with Gasteiger partial charge in [0.15, 0.2) is 5.96 Å². The molecule has 2 fully saturated rings. The van der Waals surface area contributed by atoms with Gasteiger partial charge in [0.25, 0.3) is 0 Å². The number of aliphatic imine (C=N–C) groups is 1. The van der Waals surface area contributed by atoms with E-state index in [1.807, 2.05) is 31.2 Å². The molecule has 27 heavy (non-hydrogen) atoms. The number of rotatable bonds is 7. The summed E-state index contributed by atoms with van der Waals surface area (Å²) in [5.74, 6) is 0.981. The Labute approximate surface area is 163 Å². The molecule has 1 N–H and O–H groups in total. The molecule has 0 radical (unpaired) electrons. The van der Waals surface area contributed by atoms with E-state index in [1.165, 1.54) is 25.7 Å². The lowest BCUT2D eigenvalue weighted by atomic mass is 9.83. The van der Waals surface area contributed by atoms with Crippen LogP contribution in [0.4, 0.5) is 0 Å². The van der Waals surface area contributed by atoms with Crippen LogP contribution < -0.4 is 5.32 Å². The van der Waals surface area contributed by atoms with Crippen molar-refractivity contribution in [2.24, 2.45) is 17.5 Å². The molecular formula is C20H35N5O2. The predicted octanol–water partition coefficient (Wildman–Crippen LogP) is 2.36. The van der Waals surface area contributed by atoms with Gasteiger partial charge in [-0.2, -0.15) is 5.10 Å². The highest BCUT2D eigenvalue weighted by molar-refractivity contribution is 5.80. The number of nitrogens with one attached hydrogen (secondary N) is 1. The van der Waals surface area contributed by atoms with E-state index in [1.54, 1.807) is 0 Å². The largest absolute Gasteiger partial charge is 0.382 e. The first kappa shape index (κ1) is 20.1. The second kappa shape index (κ2) is 9.55. The van der Waals surface area contributed by atoms with Gasteiger partial charge >= 0.3 is 0 Å². The maximum atomic E-state index is 5.97. The summed E-state index contributed by atoms with van der Waals surface area (Å²) in [5, 5.41) is 7.95. The first-order chi connectivity index (χ1) is 13.2. The van der Waals surface area contributed by atoms with Crippen molar-refractivity contribution >= 4 is 5.96 Å². The van der Waals surface area contributed by atoms with Gasteiger partial charge in [-0.25, -0.2) is 0 Å². The lowest BCUT2D eigenvalue weighted by Gasteiger charge is -2.37. The van der Waals surface area contributed by atoms with E-state index in [0.717, 1.165) is 50.8 Å². The Bertz CT molecular complexity index is 609. The first-order valence-electron chi connectivity index (χ1n) is 10.3. The van der Waals surface area contributed by atoms with Crippen LogP contribution in [0, 0.1) is 5.41 Å². The van der Waals surface area contributed by atoms with Gasteiger partial charge in [-0.15, -0.1) is 0 Å². The van der Waals surface area contributed by atoms with Gasteiger partial charge in [-0.05, 0) is 31.6 Å². The summed E-state index contributed by atoms with van der Waals surface area (Å²) in [6.07, 6.45) is 10.3. The maximum Gasteiger partial charge on any atom is 0.193 e. The Balaban J connectivity index is 1.57. The zero-order valence-corrected chi connectivity index (χ0v) is 17.1. The number of aromatic nitrogens is 2. The number of nitrogens with zero attached hydrogens (tertiary/aromatic N) is 4. The molecule has 1 saturated carbocycles. The molecular weight excluding hydrogens is 342 g/mol. The van der Waals surface area contributed by atoms with Crippen LogP contribution in [0.2, 0.25) is 0 Å². The van der Waals surface area contributed by atoms with Crippen LogP contribution in [0.3, 0.4) is 0 Å². The molecule has 2 heterocycles. The van der Waals surface area contributed by atoms with Crippen molar-refractivity contribution in [3.05, 3.63) is 18.0 Å². The number of ether oxygens (including phenoxy) is 2. The van der Waals surface area contributed by atoms with Gasteiger partial charge in [0.1, 0.15) is 6.10 Å². The Morgan fingerprint density at radius 3 is 2.93 bits per heavy atom. The molecule has 0 amide bonds. The van der Waals surface area contributed by atoms with Crippen LogP contribution in [0.25, 0.3) is 0 Å². The molecule has 1 saturated heterocycles. The molecule has 7 heteroatoms. The molecule has 1 aromatic rings. The first-order valence-corrected chi connectivity index (χ1v) is 10.3. The lowest BCUT2D eigenvalue weighted by molar-refractivity contribution is -0.00827. The van der Waals surface area contributed by atoms with Crippen LogP contribution in [0.15, 0.2) is 17.4 Å². The Kier molecular flexibility index (Phi) is 7.13. The van der Waals surface area contributed by atoms with Crippen molar-refractivity contribution in [3.8, 4) is 0 Å². The third-order valence-electron chi connectivity index (χ3n) is 5.94. The SMILES string of the molecule is CCOCCC1(CNC(=NC)N2CCOC(c3cnn(C)c3)C2)CCCC1. The molecule has 152 valence electrons. The topological polar surface area (TPSA) is 63.9 Å². The van der Waals surface area contributed by atoms with Gasteiger partial charge in [0.05, 0.1) is 19.3 Å². The number of guanidine groups is 1. The Hall–Kier alpha value is -1.60. The molecule has 7 nitrogen and oxygen atoms in total. The second-order valence-electron chi connectivity index (χ2n) is 7.81. The van der Waals surface area contributed by atoms with Crippen molar-refractivity contribution in [1.82, 2.24) is 20.0 Å². The minimum absolute atomic E-state index is 0.0457. The standard InChI is InChI=1S/C20H35N5O2/c1-4-26-11-9-20(7-5-6-8-20)16-22-19(21-2)25-10-12-27-18(15-25)17-13-23-24(3)14-17/h13-14,18H,4-12,15-16H2,1-3H3,(H,21,22). The number of hydrogen-bond acceptors (Lipinski definition) is 4. The number of aryl methyl sites for hydroxylation is 1. The predicted molar refractivity (Wildman–Crippen MR) is 107 cm³/mol. The monoisotopic (exact) mass is 377 g/mol. The zero-order valence-electron chi connectivity index (χ0n) is 17.1. The third-order valence-corrected chi connectivity index (χ3v) is 5.94. The van der Waals surface area contributed by atoms with Crippen LogP contribution in [0.5, 0.6) is 0 Å². The fraction of sp³-hybridized carbons (Fsp3) is 0.800. The van der Waals surface area contributed by atoms with Crippen LogP contribution in [-0.2, 0) is 16.5 Å². The molecule has 1 aliphatic carbocycles. The average Bonchev–Trinajstić information content (AvgIpc) is 3.33. The molecule has 0 aromatic carbocycles. The van der Waals surface area contributed by atoms with E-state index in [-0.39, 0.29) is 6.10 Å². The summed E-state index contributed by atoms with van der Waals surface area (Å²) >= 11 is 0. The summed E-state index contributed by atoms with van der Waals surface area (Å²) in [7, 11) is 3.81. The summed E-state index contributed by atoms with van der Waals surface area (Å²) in [5.41, 5.74) is 1.47. The lowest BCUT2D eigenvalue weighted by Crippen LogP contribution is -2.50. The number of morpholine rings is 1. The smallest absolute Gasteiger partial charge is 0.193 e. The molecule has 0 bridgehead atoms. The summed E-state index contributed by atoms with van der Waals surface area (Å²) in [4.78, 5) is 6.87. The fourth-order valence-electron chi connectivity index (χ4n) is 4.32. The molecule has 2 aliphatic rings. The van der Waals surface area contributed by atoms with Crippen molar-refractivity contribution in [2.45, 2.75) is 45.1 Å². The fourth-order valence-corrected chi connectivity index (χ4v) is 4.32. The maximum absolute atomic E-state index is 5.97. The summed E-state index contributed by atoms with van der Waals surface area (Å²) in [6.45, 7) is 7.07. The summed E-state index contributed by atoms with van der Waals surface area (Å²) in [6, 6.07) is 0. The average molecular weight is 378 g/mol. The van der Waals surface area contributed by atoms with E-state index in [0.29, 0.717) is 12.0 Å². The highest BCUT2D eigenvalue weighted by Gasteiger charge is 2.34. The summed E-state index contributed by atoms with van der Waals surface area (Å²) < 4.78 is 13.4. The Morgan fingerprint density at radius 2 is 2.26 bits per heavy atom. The van der Waals surface area contributed by atoms with Crippen LogP contribution in [0.1, 0.15) is 50.7 Å². The molecule has 1 aromatic heterocycles. The molecule has 1 aliphatic heterocycles. The molecule has 0 spiro atoms. The second-order valence-corrected chi connectivity index (χ2v) is 7.81. The minimum Gasteiger partial charge on any atom is -0.382 e. The van der Waals surface area contributed by atoms with E-state index < -0.39 is 0 Å². The minimum atomic E-state index is 0.0457. The highest BCUT2D eigenvalue weighted by atomic mass is 16.5. The third kappa shape index (κ3) is 5.23. The van der Waals surface area contributed by atoms with Gasteiger partial charge in [0, 0.05) is 52.2 Å². The van der Waals surface area contributed by atoms with Crippen LogP contribution >= 0.6 is 0 Å². The quantitative estimate of drug-likeness (QED) is 0.449. The Morgan fingerprint density at radius 1 is 1.44 bits per heavy atom. The van der Waals surface area contributed by atoms with E-state index in [9.17, 15) is 0 Å². The van der Waals surface area contributed by atoms with E-state index in [4.69, 9.17) is 9.47 Å². The van der Waals surface area contributed by atoms with Crippen LogP contribution in [-0.4, -0.2) is 67.1 Å². The van der Waals surface area contributed by atoms with Gasteiger partial charge in [0.2, 0.25) is 0 Å². The highest BCUT2D eigenvalue weighted by Crippen LogP contribution is 2.40. The van der Waals surface area contributed by atoms with Crippen molar-refractivity contribution in [3.63, 3.8) is 0 Å². The zero-order chi connectivity index (χ0) is 19.1. The van der Waals surface area contributed by atoms with E-state index in [2.05, 4.69) is 27.2 Å². The molecule has 1 atom stereocenters. The van der Waals surface area contributed by atoms with Gasteiger partial charge < -0.3 is 19.7 Å². The van der Waals surface area contributed by atoms with Crippen molar-refractivity contribution in [2.75, 3.05) is 46.5 Å². The van der Waals surface area contributed by atoms with Gasteiger partial charge in [-0.3, -0.25) is 9.67 Å². The number of hydrogen-bond donors (Lipinski definition) is 1.